The van der Waals surface area contributed by atoms with Gasteiger partial charge in [0.05, 0.1) is 29.8 Å². The largest absolute Gasteiger partial charge is 0.433 e. The fourth-order valence-corrected chi connectivity index (χ4v) is 3.23. The molecule has 0 aliphatic heterocycles. The average molecular weight is 485 g/mol. The summed E-state index contributed by atoms with van der Waals surface area (Å²) in [7, 11) is -2.47. The minimum Gasteiger partial charge on any atom is -0.378 e. The van der Waals surface area contributed by atoms with Crippen LogP contribution in [0.5, 0.6) is 0 Å². The Morgan fingerprint density at radius 1 is 1.30 bits per heavy atom. The van der Waals surface area contributed by atoms with Crippen LogP contribution >= 0.6 is 0 Å². The highest BCUT2D eigenvalue weighted by Crippen LogP contribution is 2.28. The Labute approximate surface area is 187 Å². The highest BCUT2D eigenvalue weighted by Gasteiger charge is 2.32. The predicted octanol–water partition coefficient (Wildman–Crippen LogP) is 3.07. The van der Waals surface area contributed by atoms with Gasteiger partial charge in [0.2, 0.25) is 15.9 Å². The van der Waals surface area contributed by atoms with Gasteiger partial charge in [-0.3, -0.25) is 9.52 Å². The lowest BCUT2D eigenvalue weighted by molar-refractivity contribution is -0.141. The Bertz CT molecular complexity index is 1220. The van der Waals surface area contributed by atoms with Crippen molar-refractivity contribution in [2.45, 2.75) is 19.3 Å². The lowest BCUT2D eigenvalue weighted by Crippen LogP contribution is -2.21. The second-order valence-corrected chi connectivity index (χ2v) is 8.48. The van der Waals surface area contributed by atoms with Crippen molar-refractivity contribution in [3.8, 4) is 12.3 Å². The number of nitrogens with zero attached hydrogens (tertiary/aromatic N) is 1. The van der Waals surface area contributed by atoms with Crippen LogP contribution in [-0.2, 0) is 38.9 Å². The molecule has 12 heteroatoms. The molecule has 2 rings (SSSR count). The number of carbonyl (C=O) groups excluding carboxylic acids is 1. The van der Waals surface area contributed by atoms with Crippen LogP contribution in [0.2, 0.25) is 0 Å². The molecule has 0 aliphatic rings. The van der Waals surface area contributed by atoms with E-state index in [1.165, 1.54) is 19.3 Å². The van der Waals surface area contributed by atoms with Crippen molar-refractivity contribution in [1.82, 2.24) is 10.3 Å². The molecule has 1 amide bonds. The summed E-state index contributed by atoms with van der Waals surface area (Å²) in [6, 6.07) is 4.29. The minimum absolute atomic E-state index is 0.00827. The number of carbonyl (C=O) groups is 1. The molecule has 0 unspecified atom stereocenters. The third-order valence-electron chi connectivity index (χ3n) is 4.05. The van der Waals surface area contributed by atoms with Gasteiger partial charge < -0.3 is 10.1 Å². The standard InChI is InChI=1S/C21H19F4N3O4S/c1-4-14-9-13(10-16(22)20(14)28-33(3,30)31)11-26-19(29)8-6-15-5-7-18(21(23,24)25)27-17(15)12-32-2/h1,5-10,28H,11-12H2,2-3H3,(H,26,29)/b8-6+. The summed E-state index contributed by atoms with van der Waals surface area (Å²) >= 11 is 0. The van der Waals surface area contributed by atoms with E-state index in [1.54, 1.807) is 0 Å². The van der Waals surface area contributed by atoms with E-state index in [0.29, 0.717) is 0 Å². The molecule has 1 aromatic heterocycles. The van der Waals surface area contributed by atoms with E-state index in [1.807, 2.05) is 4.72 Å². The van der Waals surface area contributed by atoms with E-state index in [0.717, 1.165) is 30.5 Å². The summed E-state index contributed by atoms with van der Waals surface area (Å²) in [6.07, 6.45) is 3.87. The zero-order valence-electron chi connectivity index (χ0n) is 17.5. The Balaban J connectivity index is 2.15. The topological polar surface area (TPSA) is 97.4 Å². The number of hydrogen-bond donors (Lipinski definition) is 2. The zero-order chi connectivity index (χ0) is 24.8. The Kier molecular flexibility index (Phi) is 8.18. The van der Waals surface area contributed by atoms with Crippen LogP contribution in [0.15, 0.2) is 30.3 Å². The second kappa shape index (κ2) is 10.5. The maximum absolute atomic E-state index is 14.3. The van der Waals surface area contributed by atoms with E-state index in [-0.39, 0.29) is 41.2 Å². The van der Waals surface area contributed by atoms with Gasteiger partial charge in [0.15, 0.2) is 0 Å². The molecule has 0 radical (unpaired) electrons. The molecule has 33 heavy (non-hydrogen) atoms. The van der Waals surface area contributed by atoms with Gasteiger partial charge >= 0.3 is 6.18 Å². The number of methoxy groups -OCH3 is 1. The third-order valence-corrected chi connectivity index (χ3v) is 4.63. The number of hydrogen-bond acceptors (Lipinski definition) is 5. The molecule has 0 fully saturated rings. The molecule has 2 N–H and O–H groups in total. The van der Waals surface area contributed by atoms with Crippen molar-refractivity contribution in [3.05, 3.63) is 64.2 Å². The predicted molar refractivity (Wildman–Crippen MR) is 114 cm³/mol. The molecule has 0 saturated heterocycles. The van der Waals surface area contributed by atoms with Crippen LogP contribution in [0.25, 0.3) is 6.08 Å². The van der Waals surface area contributed by atoms with Crippen molar-refractivity contribution in [2.75, 3.05) is 18.1 Å². The Morgan fingerprint density at radius 3 is 2.58 bits per heavy atom. The quantitative estimate of drug-likeness (QED) is 0.340. The van der Waals surface area contributed by atoms with E-state index in [4.69, 9.17) is 11.2 Å². The number of sulfonamides is 1. The van der Waals surface area contributed by atoms with E-state index in [9.17, 15) is 30.8 Å². The van der Waals surface area contributed by atoms with Gasteiger partial charge in [0.25, 0.3) is 0 Å². The van der Waals surface area contributed by atoms with Crippen molar-refractivity contribution < 1.29 is 35.5 Å². The van der Waals surface area contributed by atoms with E-state index in [2.05, 4.69) is 16.2 Å². The number of alkyl halides is 3. The first kappa shape index (κ1) is 25.8. The maximum atomic E-state index is 14.3. The number of ether oxygens (including phenoxy) is 1. The first-order valence-electron chi connectivity index (χ1n) is 9.13. The van der Waals surface area contributed by atoms with Crippen molar-refractivity contribution >= 4 is 27.7 Å². The zero-order valence-corrected chi connectivity index (χ0v) is 18.3. The highest BCUT2D eigenvalue weighted by atomic mass is 32.2. The van der Waals surface area contributed by atoms with Crippen LogP contribution in [0, 0.1) is 18.2 Å². The fourth-order valence-electron chi connectivity index (χ4n) is 2.66. The summed E-state index contributed by atoms with van der Waals surface area (Å²) in [5, 5.41) is 2.47. The number of amides is 1. The van der Waals surface area contributed by atoms with Gasteiger partial charge in [0, 0.05) is 19.7 Å². The van der Waals surface area contributed by atoms with Gasteiger partial charge in [-0.25, -0.2) is 17.8 Å². The maximum Gasteiger partial charge on any atom is 0.433 e. The average Bonchev–Trinajstić information content (AvgIpc) is 2.71. The first-order valence-corrected chi connectivity index (χ1v) is 11.0. The van der Waals surface area contributed by atoms with Crippen LogP contribution < -0.4 is 10.0 Å². The van der Waals surface area contributed by atoms with Crippen LogP contribution in [0.4, 0.5) is 23.2 Å². The number of pyridine rings is 1. The summed E-state index contributed by atoms with van der Waals surface area (Å²) in [5.41, 5.74) is -1.02. The van der Waals surface area contributed by atoms with E-state index < -0.39 is 33.6 Å². The molecule has 0 bridgehead atoms. The Morgan fingerprint density at radius 2 is 2.00 bits per heavy atom. The molecule has 176 valence electrons. The lowest BCUT2D eigenvalue weighted by atomic mass is 10.1. The molecule has 0 atom stereocenters. The molecule has 1 aromatic carbocycles. The second-order valence-electron chi connectivity index (χ2n) is 6.73. The van der Waals surface area contributed by atoms with Gasteiger partial charge in [-0.1, -0.05) is 12.0 Å². The first-order chi connectivity index (χ1) is 15.3. The monoisotopic (exact) mass is 485 g/mol. The number of anilines is 1. The van der Waals surface area contributed by atoms with Gasteiger partial charge in [-0.05, 0) is 35.4 Å². The highest BCUT2D eigenvalue weighted by molar-refractivity contribution is 7.92. The molecular formula is C21H19F4N3O4S. The molecule has 7 nitrogen and oxygen atoms in total. The number of benzene rings is 1. The molecule has 0 spiro atoms. The summed E-state index contributed by atoms with van der Waals surface area (Å²) in [6.45, 7) is -0.350. The van der Waals surface area contributed by atoms with Crippen molar-refractivity contribution in [1.29, 1.82) is 0 Å². The number of halogens is 4. The van der Waals surface area contributed by atoms with Crippen LogP contribution in [0.3, 0.4) is 0 Å². The van der Waals surface area contributed by atoms with Gasteiger partial charge in [-0.15, -0.1) is 6.42 Å². The van der Waals surface area contributed by atoms with Crippen molar-refractivity contribution in [2.24, 2.45) is 0 Å². The molecule has 1 heterocycles. The Hall–Kier alpha value is -3.43. The van der Waals surface area contributed by atoms with Crippen molar-refractivity contribution in [3.63, 3.8) is 0 Å². The van der Waals surface area contributed by atoms with Crippen LogP contribution in [0.1, 0.15) is 28.1 Å². The lowest BCUT2D eigenvalue weighted by Gasteiger charge is -2.11. The number of terminal acetylenes is 1. The normalized spacial score (nSPS) is 11.9. The van der Waals surface area contributed by atoms with E-state index >= 15 is 0 Å². The number of nitrogens with one attached hydrogen (secondary N) is 2. The SMILES string of the molecule is C#Cc1cc(CNC(=O)/C=C/c2ccc(C(F)(F)F)nc2COC)cc(F)c1NS(C)(=O)=O. The summed E-state index contributed by atoms with van der Waals surface area (Å²) in [4.78, 5) is 15.6. The smallest absolute Gasteiger partial charge is 0.378 e. The van der Waals surface area contributed by atoms with Gasteiger partial charge in [-0.2, -0.15) is 13.2 Å². The molecule has 2 aromatic rings. The third kappa shape index (κ3) is 7.58. The van der Waals surface area contributed by atoms with Crippen LogP contribution in [-0.4, -0.2) is 32.7 Å². The number of rotatable bonds is 8. The fraction of sp³-hybridized carbons (Fsp3) is 0.238. The summed E-state index contributed by atoms with van der Waals surface area (Å²) in [5.74, 6) is 0.628. The van der Waals surface area contributed by atoms with Gasteiger partial charge in [0.1, 0.15) is 11.5 Å². The summed E-state index contributed by atoms with van der Waals surface area (Å²) < 4.78 is 82.4. The molecule has 0 saturated carbocycles. The number of aromatic nitrogens is 1. The molecular weight excluding hydrogens is 466 g/mol. The minimum atomic E-state index is -4.62. The molecule has 0 aliphatic carbocycles.